The standard InChI is InChI=1S/C21H41N7O6S/c1-11(2)10-15(27-17(30)13(22)7-9-35-4)18(31)28-16(12(3)29)19(32)26-14(20(33)34)6-5-8-25-21(23)24/h11-16,29H,5-10,22H2,1-4H3,(H,26,32)(H,27,30)(H,28,31)(H,33,34)(H4,23,24,25). The molecule has 0 saturated carbocycles. The average Bonchev–Trinajstić information content (AvgIpc) is 2.75. The number of rotatable bonds is 17. The lowest BCUT2D eigenvalue weighted by Gasteiger charge is -2.27. The molecule has 0 spiro atoms. The molecule has 0 radical (unpaired) electrons. The maximum Gasteiger partial charge on any atom is 0.326 e. The molecule has 5 atom stereocenters. The zero-order valence-corrected chi connectivity index (χ0v) is 21.6. The molecule has 0 bridgehead atoms. The lowest BCUT2D eigenvalue weighted by Crippen LogP contribution is -2.60. The predicted molar refractivity (Wildman–Crippen MR) is 135 cm³/mol. The number of aliphatic hydroxyl groups is 1. The number of nitrogens with zero attached hydrogens (tertiary/aromatic N) is 1. The lowest BCUT2D eigenvalue weighted by atomic mass is 10.0. The van der Waals surface area contributed by atoms with Crippen LogP contribution in [0.4, 0.5) is 0 Å². The van der Waals surface area contributed by atoms with Gasteiger partial charge in [-0.05, 0) is 50.5 Å². The third-order valence-corrected chi connectivity index (χ3v) is 5.58. The molecule has 14 heteroatoms. The largest absolute Gasteiger partial charge is 0.480 e. The molecular weight excluding hydrogens is 478 g/mol. The number of carbonyl (C=O) groups is 4. The van der Waals surface area contributed by atoms with Crippen molar-refractivity contribution in [1.82, 2.24) is 16.0 Å². The van der Waals surface area contributed by atoms with Gasteiger partial charge in [-0.25, -0.2) is 4.79 Å². The summed E-state index contributed by atoms with van der Waals surface area (Å²) in [5.74, 6) is -2.79. The quantitative estimate of drug-likeness (QED) is 0.0602. The van der Waals surface area contributed by atoms with Crippen LogP contribution < -0.4 is 33.2 Å². The van der Waals surface area contributed by atoms with E-state index in [9.17, 15) is 29.4 Å². The van der Waals surface area contributed by atoms with Gasteiger partial charge in [0.2, 0.25) is 17.7 Å². The second-order valence-corrected chi connectivity index (χ2v) is 9.64. The number of carboxylic acids is 1. The van der Waals surface area contributed by atoms with Crippen LogP contribution >= 0.6 is 11.8 Å². The summed E-state index contributed by atoms with van der Waals surface area (Å²) in [6, 6.07) is -4.52. The second-order valence-electron chi connectivity index (χ2n) is 8.65. The van der Waals surface area contributed by atoms with E-state index in [1.54, 1.807) is 11.8 Å². The highest BCUT2D eigenvalue weighted by atomic mass is 32.2. The maximum atomic E-state index is 12.9. The fourth-order valence-corrected chi connectivity index (χ4v) is 3.53. The number of carbonyl (C=O) groups excluding carboxylic acids is 3. The van der Waals surface area contributed by atoms with Gasteiger partial charge in [0.15, 0.2) is 5.96 Å². The van der Waals surface area contributed by atoms with Gasteiger partial charge in [-0.15, -0.1) is 0 Å². The van der Waals surface area contributed by atoms with Gasteiger partial charge in [0.1, 0.15) is 18.1 Å². The topological polar surface area (TPSA) is 235 Å². The third-order valence-electron chi connectivity index (χ3n) is 4.93. The Morgan fingerprint density at radius 2 is 1.54 bits per heavy atom. The molecular formula is C21H41N7O6S. The Balaban J connectivity index is 5.33. The van der Waals surface area contributed by atoms with Crippen LogP contribution in [0.2, 0.25) is 0 Å². The Morgan fingerprint density at radius 3 is 2.03 bits per heavy atom. The van der Waals surface area contributed by atoms with Crippen molar-refractivity contribution in [2.24, 2.45) is 28.1 Å². The molecule has 0 saturated heterocycles. The van der Waals surface area contributed by atoms with Gasteiger partial charge in [0, 0.05) is 6.54 Å². The number of thioether (sulfide) groups is 1. The van der Waals surface area contributed by atoms with Crippen molar-refractivity contribution in [3.8, 4) is 0 Å². The summed E-state index contributed by atoms with van der Waals surface area (Å²) in [7, 11) is 0. The minimum absolute atomic E-state index is 0.0221. The van der Waals surface area contributed by atoms with Gasteiger partial charge in [-0.3, -0.25) is 19.4 Å². The second kappa shape index (κ2) is 16.9. The van der Waals surface area contributed by atoms with Crippen LogP contribution in [0.15, 0.2) is 4.99 Å². The number of aliphatic carboxylic acids is 1. The van der Waals surface area contributed by atoms with Crippen LogP contribution in [-0.4, -0.2) is 88.7 Å². The van der Waals surface area contributed by atoms with E-state index in [4.69, 9.17) is 17.2 Å². The number of aliphatic imine (C=N–C) groups is 1. The van der Waals surface area contributed by atoms with Gasteiger partial charge in [0.25, 0.3) is 0 Å². The molecule has 0 aromatic carbocycles. The first-order valence-corrected chi connectivity index (χ1v) is 12.8. The molecule has 0 aromatic rings. The van der Waals surface area contributed by atoms with Crippen LogP contribution in [0.5, 0.6) is 0 Å². The summed E-state index contributed by atoms with van der Waals surface area (Å²) >= 11 is 1.54. The number of carboxylic acid groups (broad SMARTS) is 1. The number of aliphatic hydroxyl groups excluding tert-OH is 1. The normalized spacial score (nSPS) is 15.3. The smallest absolute Gasteiger partial charge is 0.326 e. The number of guanidine groups is 1. The van der Waals surface area contributed by atoms with E-state index in [1.165, 1.54) is 6.92 Å². The van der Waals surface area contributed by atoms with Gasteiger partial charge in [0.05, 0.1) is 12.1 Å². The summed E-state index contributed by atoms with van der Waals surface area (Å²) in [6.07, 6.45) is 1.55. The molecule has 0 aliphatic heterocycles. The van der Waals surface area contributed by atoms with Crippen LogP contribution in [-0.2, 0) is 19.2 Å². The maximum absolute atomic E-state index is 12.9. The highest BCUT2D eigenvalue weighted by Crippen LogP contribution is 2.08. The van der Waals surface area contributed by atoms with E-state index in [0.29, 0.717) is 12.2 Å². The zero-order chi connectivity index (χ0) is 27.1. The molecule has 0 rings (SSSR count). The molecule has 0 heterocycles. The first-order valence-electron chi connectivity index (χ1n) is 11.4. The fourth-order valence-electron chi connectivity index (χ4n) is 3.04. The van der Waals surface area contributed by atoms with E-state index < -0.39 is 54.0 Å². The summed E-state index contributed by atoms with van der Waals surface area (Å²) in [5.41, 5.74) is 16.4. The Labute approximate surface area is 210 Å². The van der Waals surface area contributed by atoms with Crippen molar-refractivity contribution in [2.75, 3.05) is 18.6 Å². The molecule has 0 aromatic heterocycles. The first-order chi connectivity index (χ1) is 16.3. The van der Waals surface area contributed by atoms with Crippen LogP contribution in [0.3, 0.4) is 0 Å². The van der Waals surface area contributed by atoms with Crippen molar-refractivity contribution in [3.05, 3.63) is 0 Å². The SMILES string of the molecule is CSCCC(N)C(=O)NC(CC(C)C)C(=O)NC(C(=O)NC(CCCN=C(N)N)C(=O)O)C(C)O. The predicted octanol–water partition coefficient (Wildman–Crippen LogP) is -1.91. The Morgan fingerprint density at radius 1 is 0.943 bits per heavy atom. The van der Waals surface area contributed by atoms with E-state index in [-0.39, 0.29) is 37.7 Å². The summed E-state index contributed by atoms with van der Waals surface area (Å²) < 4.78 is 0. The van der Waals surface area contributed by atoms with Crippen molar-refractivity contribution < 1.29 is 29.4 Å². The molecule has 0 fully saturated rings. The molecule has 5 unspecified atom stereocenters. The zero-order valence-electron chi connectivity index (χ0n) is 20.8. The molecule has 0 aliphatic carbocycles. The van der Waals surface area contributed by atoms with Crippen LogP contribution in [0.1, 0.15) is 46.5 Å². The highest BCUT2D eigenvalue weighted by Gasteiger charge is 2.32. The first kappa shape index (κ1) is 32.4. The van der Waals surface area contributed by atoms with Gasteiger partial charge >= 0.3 is 5.97 Å². The van der Waals surface area contributed by atoms with E-state index >= 15 is 0 Å². The van der Waals surface area contributed by atoms with Crippen LogP contribution in [0.25, 0.3) is 0 Å². The lowest BCUT2D eigenvalue weighted by molar-refractivity contribution is -0.143. The van der Waals surface area contributed by atoms with Crippen LogP contribution in [0, 0.1) is 5.92 Å². The molecule has 35 heavy (non-hydrogen) atoms. The van der Waals surface area contributed by atoms with Gasteiger partial charge in [-0.1, -0.05) is 13.8 Å². The third kappa shape index (κ3) is 13.8. The number of amides is 3. The molecule has 202 valence electrons. The van der Waals surface area contributed by atoms with Crippen molar-refractivity contribution in [1.29, 1.82) is 0 Å². The van der Waals surface area contributed by atoms with Gasteiger partial charge in [-0.2, -0.15) is 11.8 Å². The van der Waals surface area contributed by atoms with Crippen molar-refractivity contribution in [3.63, 3.8) is 0 Å². The monoisotopic (exact) mass is 519 g/mol. The summed E-state index contributed by atoms with van der Waals surface area (Å²) in [6.45, 7) is 5.18. The number of hydrogen-bond acceptors (Lipinski definition) is 8. The van der Waals surface area contributed by atoms with Crippen molar-refractivity contribution >= 4 is 41.4 Å². The number of hydrogen-bond donors (Lipinski definition) is 8. The minimum atomic E-state index is -1.45. The molecule has 11 N–H and O–H groups in total. The molecule has 13 nitrogen and oxygen atoms in total. The van der Waals surface area contributed by atoms with Gasteiger partial charge < -0.3 is 43.4 Å². The number of nitrogens with one attached hydrogen (secondary N) is 3. The van der Waals surface area contributed by atoms with Crippen molar-refractivity contribution in [2.45, 2.75) is 76.7 Å². The molecule has 0 aliphatic rings. The van der Waals surface area contributed by atoms with E-state index in [0.717, 1.165) is 0 Å². The minimum Gasteiger partial charge on any atom is -0.480 e. The Bertz CT molecular complexity index is 731. The summed E-state index contributed by atoms with van der Waals surface area (Å²) in [4.78, 5) is 53.4. The average molecular weight is 520 g/mol. The van der Waals surface area contributed by atoms with E-state index in [2.05, 4.69) is 20.9 Å². The Kier molecular flexibility index (Phi) is 15.7. The highest BCUT2D eigenvalue weighted by molar-refractivity contribution is 7.98. The summed E-state index contributed by atoms with van der Waals surface area (Å²) in [5, 5.41) is 26.9. The molecule has 3 amide bonds. The Hall–Kier alpha value is -2.58. The van der Waals surface area contributed by atoms with E-state index in [1.807, 2.05) is 20.1 Å². The fraction of sp³-hybridized carbons (Fsp3) is 0.762. The number of nitrogens with two attached hydrogens (primary N) is 3.